The van der Waals surface area contributed by atoms with Gasteiger partial charge in [-0.3, -0.25) is 4.57 Å². The Balaban J connectivity index is 1.96. The van der Waals surface area contributed by atoms with Crippen LogP contribution >= 0.6 is 0 Å². The van der Waals surface area contributed by atoms with Gasteiger partial charge < -0.3 is 10.4 Å². The Morgan fingerprint density at radius 3 is 2.91 bits per heavy atom. The minimum Gasteiger partial charge on any atom is -0.506 e. The van der Waals surface area contributed by atoms with Gasteiger partial charge in [-0.15, -0.1) is 0 Å². The maximum absolute atomic E-state index is 10.3. The summed E-state index contributed by atoms with van der Waals surface area (Å²) in [6.45, 7) is 1.97. The van der Waals surface area contributed by atoms with Crippen LogP contribution in [0.2, 0.25) is 0 Å². The molecule has 3 aromatic rings. The lowest BCUT2D eigenvalue weighted by Gasteiger charge is -2.23. The van der Waals surface area contributed by atoms with Crippen LogP contribution in [0.1, 0.15) is 24.6 Å². The van der Waals surface area contributed by atoms with E-state index in [1.807, 2.05) is 34.9 Å². The molecule has 4 rings (SSSR count). The van der Waals surface area contributed by atoms with Crippen molar-refractivity contribution in [2.75, 3.05) is 13.1 Å². The van der Waals surface area contributed by atoms with Crippen molar-refractivity contribution in [2.24, 2.45) is 0 Å². The van der Waals surface area contributed by atoms with Gasteiger partial charge in [-0.2, -0.15) is 0 Å². The van der Waals surface area contributed by atoms with E-state index in [1.165, 1.54) is 0 Å². The van der Waals surface area contributed by atoms with Gasteiger partial charge in [0.05, 0.1) is 5.69 Å². The van der Waals surface area contributed by atoms with E-state index in [-0.39, 0.29) is 5.75 Å². The largest absolute Gasteiger partial charge is 0.506 e. The number of pyridine rings is 1. The van der Waals surface area contributed by atoms with Gasteiger partial charge in [-0.25, -0.2) is 9.97 Å². The fourth-order valence-electron chi connectivity index (χ4n) is 3.17. The Labute approximate surface area is 128 Å². The van der Waals surface area contributed by atoms with Gasteiger partial charge in [0, 0.05) is 18.7 Å². The van der Waals surface area contributed by atoms with Gasteiger partial charge in [0.1, 0.15) is 17.1 Å². The summed E-state index contributed by atoms with van der Waals surface area (Å²) in [7, 11) is 0. The van der Waals surface area contributed by atoms with E-state index >= 15 is 0 Å². The van der Waals surface area contributed by atoms with E-state index in [1.54, 1.807) is 12.3 Å². The SMILES string of the molecule is Oc1ccccc1-n1c(C2CCCNC2)nc2cccnc21. The number of fused-ring (bicyclic) bond motifs is 1. The van der Waals surface area contributed by atoms with Crippen molar-refractivity contribution < 1.29 is 5.11 Å². The van der Waals surface area contributed by atoms with Gasteiger partial charge in [0.15, 0.2) is 5.65 Å². The van der Waals surface area contributed by atoms with E-state index in [2.05, 4.69) is 10.3 Å². The lowest BCUT2D eigenvalue weighted by atomic mass is 9.98. The van der Waals surface area contributed by atoms with Crippen LogP contribution in [0.4, 0.5) is 0 Å². The molecule has 1 saturated heterocycles. The van der Waals surface area contributed by atoms with Crippen LogP contribution in [0.25, 0.3) is 16.9 Å². The molecule has 3 heterocycles. The highest BCUT2D eigenvalue weighted by Crippen LogP contribution is 2.31. The summed E-state index contributed by atoms with van der Waals surface area (Å²) in [5, 5.41) is 13.7. The Morgan fingerprint density at radius 2 is 2.09 bits per heavy atom. The molecule has 0 bridgehead atoms. The smallest absolute Gasteiger partial charge is 0.164 e. The molecule has 1 aliphatic rings. The van der Waals surface area contributed by atoms with Crippen molar-refractivity contribution in [2.45, 2.75) is 18.8 Å². The second-order valence-electron chi connectivity index (χ2n) is 5.68. The van der Waals surface area contributed by atoms with E-state index in [0.29, 0.717) is 5.92 Å². The number of para-hydroxylation sites is 2. The van der Waals surface area contributed by atoms with Crippen molar-refractivity contribution in [3.8, 4) is 11.4 Å². The fourth-order valence-corrected chi connectivity index (χ4v) is 3.17. The molecule has 2 N–H and O–H groups in total. The second-order valence-corrected chi connectivity index (χ2v) is 5.68. The first-order valence-electron chi connectivity index (χ1n) is 7.67. The Hall–Kier alpha value is -2.40. The van der Waals surface area contributed by atoms with Gasteiger partial charge in [0.25, 0.3) is 0 Å². The summed E-state index contributed by atoms with van der Waals surface area (Å²) in [4.78, 5) is 9.29. The van der Waals surface area contributed by atoms with Crippen molar-refractivity contribution in [1.29, 1.82) is 0 Å². The minimum absolute atomic E-state index is 0.248. The second kappa shape index (κ2) is 5.42. The molecule has 2 aromatic heterocycles. The first-order valence-corrected chi connectivity index (χ1v) is 7.67. The predicted octanol–water partition coefficient (Wildman–Crippen LogP) is 2.59. The van der Waals surface area contributed by atoms with Crippen molar-refractivity contribution in [3.63, 3.8) is 0 Å². The number of benzene rings is 1. The average molecular weight is 294 g/mol. The van der Waals surface area contributed by atoms with Gasteiger partial charge in [-0.1, -0.05) is 12.1 Å². The number of hydrogen-bond donors (Lipinski definition) is 2. The zero-order valence-corrected chi connectivity index (χ0v) is 12.2. The zero-order chi connectivity index (χ0) is 14.9. The first-order chi connectivity index (χ1) is 10.8. The Morgan fingerprint density at radius 1 is 1.18 bits per heavy atom. The maximum Gasteiger partial charge on any atom is 0.164 e. The maximum atomic E-state index is 10.3. The molecule has 0 amide bonds. The van der Waals surface area contributed by atoms with Crippen molar-refractivity contribution >= 4 is 11.2 Å². The van der Waals surface area contributed by atoms with Gasteiger partial charge in [0.2, 0.25) is 0 Å². The molecule has 0 radical (unpaired) electrons. The first kappa shape index (κ1) is 13.3. The molecule has 5 heteroatoms. The van der Waals surface area contributed by atoms with Crippen LogP contribution in [0.15, 0.2) is 42.6 Å². The molecule has 1 fully saturated rings. The standard InChI is InChI=1S/C17H18N4O/c22-15-8-2-1-7-14(15)21-16(12-5-3-9-18-11-12)20-13-6-4-10-19-17(13)21/h1-2,4,6-8,10,12,18,22H,3,5,9,11H2. The molecule has 1 aliphatic heterocycles. The lowest BCUT2D eigenvalue weighted by molar-refractivity contribution is 0.440. The molecule has 22 heavy (non-hydrogen) atoms. The molecule has 1 atom stereocenters. The van der Waals surface area contributed by atoms with Crippen LogP contribution in [-0.4, -0.2) is 32.7 Å². The van der Waals surface area contributed by atoms with E-state index in [4.69, 9.17) is 4.98 Å². The fraction of sp³-hybridized carbons (Fsp3) is 0.294. The summed E-state index contributed by atoms with van der Waals surface area (Å²) < 4.78 is 2.00. The number of nitrogens with zero attached hydrogens (tertiary/aromatic N) is 3. The summed E-state index contributed by atoms with van der Waals surface area (Å²) >= 11 is 0. The number of imidazole rings is 1. The van der Waals surface area contributed by atoms with Crippen LogP contribution in [0.3, 0.4) is 0 Å². The molecule has 0 aliphatic carbocycles. The third kappa shape index (κ3) is 2.14. The summed E-state index contributed by atoms with van der Waals surface area (Å²) in [6.07, 6.45) is 4.01. The molecule has 0 saturated carbocycles. The normalized spacial score (nSPS) is 18.6. The number of phenols is 1. The molecule has 112 valence electrons. The van der Waals surface area contributed by atoms with Crippen LogP contribution in [0.5, 0.6) is 5.75 Å². The van der Waals surface area contributed by atoms with Crippen molar-refractivity contribution in [3.05, 3.63) is 48.4 Å². The number of piperidine rings is 1. The Kier molecular flexibility index (Phi) is 3.27. The molecular formula is C17H18N4O. The van der Waals surface area contributed by atoms with Crippen LogP contribution < -0.4 is 5.32 Å². The number of nitrogens with one attached hydrogen (secondary N) is 1. The molecular weight excluding hydrogens is 276 g/mol. The van der Waals surface area contributed by atoms with Gasteiger partial charge in [-0.05, 0) is 43.7 Å². The van der Waals surface area contributed by atoms with Crippen LogP contribution in [-0.2, 0) is 0 Å². The van der Waals surface area contributed by atoms with Crippen LogP contribution in [0, 0.1) is 0 Å². The number of aromatic hydroxyl groups is 1. The van der Waals surface area contributed by atoms with Gasteiger partial charge >= 0.3 is 0 Å². The summed E-state index contributed by atoms with van der Waals surface area (Å²) in [5.41, 5.74) is 2.40. The monoisotopic (exact) mass is 294 g/mol. The van der Waals surface area contributed by atoms with Crippen molar-refractivity contribution in [1.82, 2.24) is 19.9 Å². The zero-order valence-electron chi connectivity index (χ0n) is 12.2. The summed E-state index contributed by atoms with van der Waals surface area (Å²) in [6, 6.07) is 11.2. The minimum atomic E-state index is 0.248. The molecule has 1 aromatic carbocycles. The highest BCUT2D eigenvalue weighted by Gasteiger charge is 2.24. The number of rotatable bonds is 2. The number of hydrogen-bond acceptors (Lipinski definition) is 4. The average Bonchev–Trinajstić information content (AvgIpc) is 2.95. The predicted molar refractivity (Wildman–Crippen MR) is 85.4 cm³/mol. The van der Waals surface area contributed by atoms with E-state index < -0.39 is 0 Å². The Bertz CT molecular complexity index is 805. The molecule has 0 spiro atoms. The number of phenolic OH excluding ortho intramolecular Hbond substituents is 1. The molecule has 1 unspecified atom stereocenters. The van der Waals surface area contributed by atoms with E-state index in [9.17, 15) is 5.11 Å². The highest BCUT2D eigenvalue weighted by atomic mass is 16.3. The lowest BCUT2D eigenvalue weighted by Crippen LogP contribution is -2.29. The summed E-state index contributed by atoms with van der Waals surface area (Å²) in [5.74, 6) is 1.56. The van der Waals surface area contributed by atoms with E-state index in [0.717, 1.165) is 48.6 Å². The third-order valence-electron chi connectivity index (χ3n) is 4.23. The number of aromatic nitrogens is 3. The quantitative estimate of drug-likeness (QED) is 0.762. The third-order valence-corrected chi connectivity index (χ3v) is 4.23. The highest BCUT2D eigenvalue weighted by molar-refractivity contribution is 5.75. The topological polar surface area (TPSA) is 63.0 Å². The molecule has 5 nitrogen and oxygen atoms in total.